The predicted molar refractivity (Wildman–Crippen MR) is 229 cm³/mol. The molecule has 60 heavy (non-hydrogen) atoms. The average Bonchev–Trinajstić information content (AvgIpc) is 3.61. The molecule has 0 aliphatic heterocycles. The van der Waals surface area contributed by atoms with Gasteiger partial charge in [-0.1, -0.05) is 67.3 Å². The van der Waals surface area contributed by atoms with Gasteiger partial charge in [-0.3, -0.25) is 5.32 Å². The van der Waals surface area contributed by atoms with Crippen LogP contribution in [0, 0.1) is 0 Å². The lowest BCUT2D eigenvalue weighted by Gasteiger charge is -2.20. The number of nitrogens with two attached hydrogens (primary N) is 1. The topological polar surface area (TPSA) is 266 Å². The van der Waals surface area contributed by atoms with Crippen LogP contribution in [0.3, 0.4) is 0 Å². The summed E-state index contributed by atoms with van der Waals surface area (Å²) >= 11 is 0. The van der Waals surface area contributed by atoms with E-state index < -0.39 is 68.6 Å². The number of para-hydroxylation sites is 1. The Balaban J connectivity index is 1.24. The smallest absolute Gasteiger partial charge is 0.208 e. The second-order valence-electron chi connectivity index (χ2n) is 14.2. The third-order valence-corrected chi connectivity index (χ3v) is 10.3. The monoisotopic (exact) mass is 811 g/mol. The van der Waals surface area contributed by atoms with Gasteiger partial charge in [-0.2, -0.15) is 0 Å². The van der Waals surface area contributed by atoms with Crippen LogP contribution < -0.4 is 16.4 Å². The Bertz CT molecular complexity index is 2840. The van der Waals surface area contributed by atoms with Crippen LogP contribution in [0.4, 0.5) is 11.4 Å². The molecular formula is C46H41N3O11. The van der Waals surface area contributed by atoms with Crippen molar-refractivity contribution in [2.45, 2.75) is 26.1 Å². The van der Waals surface area contributed by atoms with E-state index in [1.165, 1.54) is 13.0 Å². The standard InChI is InChI=1S/C46H41N3O11/c1-21(17-26(35-38(52)42(56)45(59)43(57)39(35)53)18-22(2)34-36(50)40(54)44(58)41(55)37(34)51)28-11-7-8-12-31(28)49-27-14-15-29-30-19-25(13-16-32(30)60-33(29)20-27)23(3)48-46(47)24-9-5-4-6-10-24/h4-20,23,46,48-59H,1,47H2,2-3H3/b22-18+,26-17+. The molecule has 0 bridgehead atoms. The van der Waals surface area contributed by atoms with Gasteiger partial charge in [-0.15, -0.1) is 0 Å². The first-order valence-corrected chi connectivity index (χ1v) is 18.4. The Kier molecular flexibility index (Phi) is 10.6. The molecule has 0 spiro atoms. The van der Waals surface area contributed by atoms with Crippen molar-refractivity contribution in [1.82, 2.24) is 5.32 Å². The van der Waals surface area contributed by atoms with E-state index >= 15 is 0 Å². The normalized spacial score (nSPS) is 13.1. The molecule has 0 saturated heterocycles. The van der Waals surface area contributed by atoms with Gasteiger partial charge in [-0.05, 0) is 78.1 Å². The maximum Gasteiger partial charge on any atom is 0.208 e. The maximum absolute atomic E-state index is 10.9. The van der Waals surface area contributed by atoms with Crippen molar-refractivity contribution in [3.8, 4) is 57.5 Å². The van der Waals surface area contributed by atoms with Crippen molar-refractivity contribution >= 4 is 50.0 Å². The summed E-state index contributed by atoms with van der Waals surface area (Å²) in [7, 11) is 0. The van der Waals surface area contributed by atoms with Crippen LogP contribution in [0.2, 0.25) is 0 Å². The Labute approximate surface area is 342 Å². The molecule has 0 radical (unpaired) electrons. The number of hydrogen-bond acceptors (Lipinski definition) is 14. The third-order valence-electron chi connectivity index (χ3n) is 10.3. The molecule has 6 aromatic carbocycles. The predicted octanol–water partition coefficient (Wildman–Crippen LogP) is 8.89. The van der Waals surface area contributed by atoms with Crippen molar-refractivity contribution < 1.29 is 55.5 Å². The van der Waals surface area contributed by atoms with Gasteiger partial charge < -0.3 is 66.5 Å². The fourth-order valence-electron chi connectivity index (χ4n) is 7.07. The van der Waals surface area contributed by atoms with Crippen molar-refractivity contribution in [3.05, 3.63) is 138 Å². The van der Waals surface area contributed by atoms with E-state index in [1.807, 2.05) is 67.6 Å². The van der Waals surface area contributed by atoms with E-state index in [9.17, 15) is 51.1 Å². The van der Waals surface area contributed by atoms with E-state index in [0.717, 1.165) is 28.0 Å². The molecule has 14 nitrogen and oxygen atoms in total. The molecule has 2 unspecified atom stereocenters. The number of rotatable bonds is 11. The summed E-state index contributed by atoms with van der Waals surface area (Å²) in [6.07, 6.45) is 2.11. The van der Waals surface area contributed by atoms with Crippen LogP contribution >= 0.6 is 0 Å². The Hall–Kier alpha value is -7.94. The largest absolute Gasteiger partial charge is 0.504 e. The van der Waals surface area contributed by atoms with Gasteiger partial charge >= 0.3 is 0 Å². The van der Waals surface area contributed by atoms with Gasteiger partial charge in [0.05, 0.1) is 17.3 Å². The maximum atomic E-state index is 10.9. The summed E-state index contributed by atoms with van der Waals surface area (Å²) < 4.78 is 6.25. The molecule has 0 fully saturated rings. The fraction of sp³-hybridized carbons (Fsp3) is 0.0870. The first-order valence-electron chi connectivity index (χ1n) is 18.4. The number of phenols is 10. The number of fused-ring (bicyclic) bond motifs is 3. The summed E-state index contributed by atoms with van der Waals surface area (Å²) in [6, 6.07) is 28.3. The zero-order chi connectivity index (χ0) is 43.2. The number of aromatic hydroxyl groups is 10. The quantitative estimate of drug-likeness (QED) is 0.0252. The second-order valence-corrected chi connectivity index (χ2v) is 14.2. The van der Waals surface area contributed by atoms with Gasteiger partial charge in [0, 0.05) is 39.8 Å². The highest BCUT2D eigenvalue weighted by Crippen LogP contribution is 2.56. The van der Waals surface area contributed by atoms with Gasteiger partial charge in [-0.25, -0.2) is 0 Å². The summed E-state index contributed by atoms with van der Waals surface area (Å²) in [5.74, 6) is -11.2. The van der Waals surface area contributed by atoms with Gasteiger partial charge in [0.15, 0.2) is 23.0 Å². The fourth-order valence-corrected chi connectivity index (χ4v) is 7.07. The molecule has 7 aromatic rings. The number of hydrogen-bond donors (Lipinski definition) is 13. The van der Waals surface area contributed by atoms with Crippen molar-refractivity contribution in [1.29, 1.82) is 0 Å². The SMILES string of the molecule is C=C(/C=C(\C=C(/C)c1c(O)c(O)c(O)c(O)c1O)c1c(O)c(O)c(O)c(O)c1O)c1ccccc1Nc1ccc2c(c1)oc1ccc(C(C)NC(N)c3ccccc3)cc12. The minimum absolute atomic E-state index is 0.0682. The molecule has 2 atom stereocenters. The van der Waals surface area contributed by atoms with Crippen molar-refractivity contribution in [3.63, 3.8) is 0 Å². The summed E-state index contributed by atoms with van der Waals surface area (Å²) in [6.45, 7) is 7.53. The first-order chi connectivity index (χ1) is 28.6. The van der Waals surface area contributed by atoms with E-state index in [1.54, 1.807) is 24.3 Å². The lowest BCUT2D eigenvalue weighted by molar-refractivity contribution is 0.327. The summed E-state index contributed by atoms with van der Waals surface area (Å²) in [4.78, 5) is 0. The zero-order valence-electron chi connectivity index (χ0n) is 32.1. The average molecular weight is 812 g/mol. The Morgan fingerprint density at radius 2 is 1.17 bits per heavy atom. The summed E-state index contributed by atoms with van der Waals surface area (Å²) in [5, 5.41) is 113. The Morgan fingerprint density at radius 3 is 1.80 bits per heavy atom. The lowest BCUT2D eigenvalue weighted by Crippen LogP contribution is -2.30. The molecule has 0 saturated carbocycles. The number of nitrogens with one attached hydrogen (secondary N) is 2. The van der Waals surface area contributed by atoms with E-state index in [4.69, 9.17) is 10.2 Å². The molecule has 0 amide bonds. The highest BCUT2D eigenvalue weighted by atomic mass is 16.4. The van der Waals surface area contributed by atoms with Crippen molar-refractivity contribution in [2.24, 2.45) is 5.73 Å². The number of furan rings is 1. The lowest BCUT2D eigenvalue weighted by atomic mass is 9.93. The minimum Gasteiger partial charge on any atom is -0.504 e. The van der Waals surface area contributed by atoms with E-state index in [2.05, 4.69) is 23.3 Å². The number of anilines is 2. The molecule has 306 valence electrons. The van der Waals surface area contributed by atoms with Crippen molar-refractivity contribution in [2.75, 3.05) is 5.32 Å². The van der Waals surface area contributed by atoms with Crippen LogP contribution in [-0.4, -0.2) is 51.1 Å². The summed E-state index contributed by atoms with van der Waals surface area (Å²) in [5.41, 5.74) is 10.1. The zero-order valence-corrected chi connectivity index (χ0v) is 32.1. The van der Waals surface area contributed by atoms with Crippen LogP contribution in [0.1, 0.15) is 53.9 Å². The molecule has 7 rings (SSSR count). The highest BCUT2D eigenvalue weighted by Gasteiger charge is 2.28. The third kappa shape index (κ3) is 7.23. The molecule has 14 N–H and O–H groups in total. The highest BCUT2D eigenvalue weighted by molar-refractivity contribution is 6.06. The molecule has 1 heterocycles. The van der Waals surface area contributed by atoms with E-state index in [-0.39, 0.29) is 28.9 Å². The van der Waals surface area contributed by atoms with Gasteiger partial charge in [0.25, 0.3) is 0 Å². The number of benzene rings is 6. The number of allylic oxidation sites excluding steroid dienone is 5. The van der Waals surface area contributed by atoms with E-state index in [0.29, 0.717) is 28.1 Å². The van der Waals surface area contributed by atoms with Crippen LogP contribution in [0.5, 0.6) is 57.5 Å². The minimum atomic E-state index is -1.21. The van der Waals surface area contributed by atoms with Gasteiger partial charge in [0.1, 0.15) is 11.2 Å². The molecule has 14 heteroatoms. The number of phenolic OH excluding ortho intramolecular Hbond substituents is 10. The van der Waals surface area contributed by atoms with Crippen LogP contribution in [0.15, 0.2) is 114 Å². The first kappa shape index (κ1) is 40.3. The Morgan fingerprint density at radius 1 is 0.600 bits per heavy atom. The van der Waals surface area contributed by atoms with Crippen LogP contribution in [-0.2, 0) is 0 Å². The molecule has 0 aliphatic rings. The van der Waals surface area contributed by atoms with Gasteiger partial charge in [0.2, 0.25) is 34.5 Å². The second kappa shape index (κ2) is 15.8. The molecule has 0 aliphatic carbocycles. The molecule has 1 aromatic heterocycles. The molecular weight excluding hydrogens is 771 g/mol. The van der Waals surface area contributed by atoms with Crippen LogP contribution in [0.25, 0.3) is 38.7 Å².